The van der Waals surface area contributed by atoms with E-state index >= 15 is 0 Å². The summed E-state index contributed by atoms with van der Waals surface area (Å²) in [7, 11) is 0. The van der Waals surface area contributed by atoms with Crippen molar-refractivity contribution < 1.29 is 9.59 Å². The van der Waals surface area contributed by atoms with Gasteiger partial charge in [-0.25, -0.2) is 9.69 Å². The second-order valence-corrected chi connectivity index (χ2v) is 11.2. The number of hydrogen-bond donors (Lipinski definition) is 0. The van der Waals surface area contributed by atoms with Gasteiger partial charge in [-0.05, 0) is 37.3 Å². The lowest BCUT2D eigenvalue weighted by molar-refractivity contribution is -0.122. The van der Waals surface area contributed by atoms with Crippen LogP contribution in [0.5, 0.6) is 0 Å². The number of pyridine rings is 1. The van der Waals surface area contributed by atoms with E-state index in [1.165, 1.54) is 17.7 Å². The average molecular weight is 504 g/mol. The first-order valence-electron chi connectivity index (χ1n) is 12.1. The number of fused-ring (bicyclic) bond motifs is 2. The minimum Gasteiger partial charge on any atom is -0.310 e. The van der Waals surface area contributed by atoms with Crippen LogP contribution in [0.25, 0.3) is 15.7 Å². The average Bonchev–Trinajstić information content (AvgIpc) is 3.50. The van der Waals surface area contributed by atoms with Gasteiger partial charge in [-0.3, -0.25) is 9.78 Å². The van der Waals surface area contributed by atoms with Crippen LogP contribution in [0, 0.1) is 11.8 Å². The highest BCUT2D eigenvalue weighted by molar-refractivity contribution is 8.09. The lowest BCUT2D eigenvalue weighted by atomic mass is 9.93. The molecule has 5 nitrogen and oxygen atoms in total. The Labute approximate surface area is 214 Å². The maximum atomic E-state index is 14.1. The van der Waals surface area contributed by atoms with Gasteiger partial charge < -0.3 is 4.90 Å². The molecule has 1 saturated carbocycles. The van der Waals surface area contributed by atoms with Crippen molar-refractivity contribution in [2.24, 2.45) is 11.8 Å². The molecule has 0 spiro atoms. The third-order valence-electron chi connectivity index (χ3n) is 7.52. The second kappa shape index (κ2) is 8.99. The molecule has 1 aromatic heterocycles. The SMILES string of the molecule is CC1=C(c2ccccc2Cl)SC2C1C(=O)N(c1cncc3ccccc13)C(=O)N2CC1CCCC1. The first-order chi connectivity index (χ1) is 17.0. The molecule has 2 fully saturated rings. The quantitative estimate of drug-likeness (QED) is 0.386. The maximum absolute atomic E-state index is 14.1. The topological polar surface area (TPSA) is 53.5 Å². The van der Waals surface area contributed by atoms with Gasteiger partial charge in [0, 0.05) is 39.0 Å². The Bertz CT molecular complexity index is 1360. The fraction of sp³-hybridized carbons (Fsp3) is 0.321. The van der Waals surface area contributed by atoms with E-state index in [0.29, 0.717) is 23.2 Å². The summed E-state index contributed by atoms with van der Waals surface area (Å²) < 4.78 is 0. The largest absolute Gasteiger partial charge is 0.332 e. The number of amides is 3. The number of urea groups is 1. The van der Waals surface area contributed by atoms with Gasteiger partial charge in [-0.2, -0.15) is 0 Å². The van der Waals surface area contributed by atoms with E-state index in [1.807, 2.05) is 60.4 Å². The van der Waals surface area contributed by atoms with Crippen LogP contribution in [0.15, 0.2) is 66.5 Å². The number of hydrogen-bond acceptors (Lipinski definition) is 4. The van der Waals surface area contributed by atoms with Crippen molar-refractivity contribution in [1.82, 2.24) is 9.88 Å². The summed E-state index contributed by atoms with van der Waals surface area (Å²) in [5.41, 5.74) is 2.45. The predicted molar refractivity (Wildman–Crippen MR) is 142 cm³/mol. The number of carbonyl (C=O) groups excluding carboxylic acids is 2. The lowest BCUT2D eigenvalue weighted by Crippen LogP contribution is -2.61. The van der Waals surface area contributed by atoms with E-state index in [1.54, 1.807) is 24.2 Å². The highest BCUT2D eigenvalue weighted by Gasteiger charge is 2.52. The van der Waals surface area contributed by atoms with Crippen LogP contribution in [0.1, 0.15) is 38.2 Å². The summed E-state index contributed by atoms with van der Waals surface area (Å²) in [6.07, 6.45) is 8.06. The summed E-state index contributed by atoms with van der Waals surface area (Å²) in [4.78, 5) is 36.9. The lowest BCUT2D eigenvalue weighted by Gasteiger charge is -2.43. The molecule has 2 atom stereocenters. The third kappa shape index (κ3) is 3.74. The molecular formula is C28H26ClN3O2S. The zero-order chi connectivity index (χ0) is 24.1. The molecule has 1 saturated heterocycles. The molecule has 1 aliphatic carbocycles. The molecule has 35 heavy (non-hydrogen) atoms. The van der Waals surface area contributed by atoms with Gasteiger partial charge in [-0.1, -0.05) is 78.7 Å². The molecule has 2 aliphatic heterocycles. The monoisotopic (exact) mass is 503 g/mol. The van der Waals surface area contributed by atoms with Crippen molar-refractivity contribution in [2.45, 2.75) is 38.0 Å². The Hall–Kier alpha value is -2.83. The molecule has 3 aromatic rings. The number of carbonyl (C=O) groups is 2. The van der Waals surface area contributed by atoms with E-state index in [2.05, 4.69) is 4.98 Å². The number of aromatic nitrogens is 1. The van der Waals surface area contributed by atoms with Gasteiger partial charge >= 0.3 is 6.03 Å². The van der Waals surface area contributed by atoms with Gasteiger partial charge in [0.05, 0.1) is 23.2 Å². The normalized spacial score (nSPS) is 23.0. The van der Waals surface area contributed by atoms with Crippen LogP contribution in [0.2, 0.25) is 5.02 Å². The number of halogens is 1. The minimum absolute atomic E-state index is 0.187. The maximum Gasteiger partial charge on any atom is 0.332 e. The van der Waals surface area contributed by atoms with E-state index in [9.17, 15) is 9.59 Å². The Morgan fingerprint density at radius 3 is 2.57 bits per heavy atom. The number of anilines is 1. The van der Waals surface area contributed by atoms with Crippen LogP contribution in [0.4, 0.5) is 10.5 Å². The fourth-order valence-electron chi connectivity index (χ4n) is 5.73. The highest BCUT2D eigenvalue weighted by Crippen LogP contribution is 2.53. The molecule has 3 aliphatic rings. The molecule has 178 valence electrons. The van der Waals surface area contributed by atoms with Crippen LogP contribution in [0.3, 0.4) is 0 Å². The molecule has 6 rings (SSSR count). The van der Waals surface area contributed by atoms with Crippen molar-refractivity contribution >= 4 is 56.7 Å². The molecular weight excluding hydrogens is 478 g/mol. The molecule has 0 radical (unpaired) electrons. The first kappa shape index (κ1) is 22.6. The Kier molecular flexibility index (Phi) is 5.81. The molecule has 2 unspecified atom stereocenters. The fourth-order valence-corrected chi connectivity index (χ4v) is 7.64. The van der Waals surface area contributed by atoms with Crippen LogP contribution >= 0.6 is 23.4 Å². The van der Waals surface area contributed by atoms with E-state index in [-0.39, 0.29) is 17.3 Å². The van der Waals surface area contributed by atoms with Crippen LogP contribution < -0.4 is 4.90 Å². The molecule has 2 aromatic carbocycles. The summed E-state index contributed by atoms with van der Waals surface area (Å²) in [5.74, 6) is -0.150. The number of rotatable bonds is 4. The molecule has 3 amide bonds. The van der Waals surface area contributed by atoms with Crippen LogP contribution in [-0.4, -0.2) is 33.7 Å². The Balaban J connectivity index is 1.47. The van der Waals surface area contributed by atoms with Crippen LogP contribution in [-0.2, 0) is 4.79 Å². The van der Waals surface area contributed by atoms with Gasteiger partial charge in [0.2, 0.25) is 5.91 Å². The zero-order valence-electron chi connectivity index (χ0n) is 19.5. The zero-order valence-corrected chi connectivity index (χ0v) is 21.1. The van der Waals surface area contributed by atoms with Gasteiger partial charge in [-0.15, -0.1) is 0 Å². The molecule has 7 heteroatoms. The van der Waals surface area contributed by atoms with Crippen molar-refractivity contribution in [3.63, 3.8) is 0 Å². The first-order valence-corrected chi connectivity index (χ1v) is 13.4. The summed E-state index contributed by atoms with van der Waals surface area (Å²) in [6, 6.07) is 15.2. The summed E-state index contributed by atoms with van der Waals surface area (Å²) >= 11 is 8.17. The van der Waals surface area contributed by atoms with E-state index < -0.39 is 5.92 Å². The predicted octanol–water partition coefficient (Wildman–Crippen LogP) is 6.97. The smallest absolute Gasteiger partial charge is 0.310 e. The minimum atomic E-state index is -0.427. The van der Waals surface area contributed by atoms with Crippen molar-refractivity contribution in [2.75, 3.05) is 11.4 Å². The molecule has 0 N–H and O–H groups in total. The van der Waals surface area contributed by atoms with Gasteiger partial charge in [0.1, 0.15) is 0 Å². The van der Waals surface area contributed by atoms with Crippen molar-refractivity contribution in [1.29, 1.82) is 0 Å². The standard InChI is InChI=1S/C28H26ClN3O2S/c1-17-24-26(33)32(23-15-30-14-19-10-4-5-11-20(19)23)28(34)31(16-18-8-2-3-9-18)27(24)35-25(17)21-12-6-7-13-22(21)29/h4-7,10-15,18,24,27H,2-3,8-9,16H2,1H3. The van der Waals surface area contributed by atoms with Gasteiger partial charge in [0.25, 0.3) is 0 Å². The third-order valence-corrected chi connectivity index (χ3v) is 9.39. The second-order valence-electron chi connectivity index (χ2n) is 9.62. The van der Waals surface area contributed by atoms with Crippen molar-refractivity contribution in [3.05, 3.63) is 77.1 Å². The Morgan fingerprint density at radius 2 is 1.77 bits per heavy atom. The van der Waals surface area contributed by atoms with E-state index in [0.717, 1.165) is 39.7 Å². The summed E-state index contributed by atoms with van der Waals surface area (Å²) in [6.45, 7) is 2.68. The van der Waals surface area contributed by atoms with Crippen molar-refractivity contribution in [3.8, 4) is 0 Å². The summed E-state index contributed by atoms with van der Waals surface area (Å²) in [5, 5.41) is 2.15. The Morgan fingerprint density at radius 1 is 1.03 bits per heavy atom. The molecule has 3 heterocycles. The number of thioether (sulfide) groups is 1. The highest BCUT2D eigenvalue weighted by atomic mass is 35.5. The molecule has 0 bridgehead atoms. The van der Waals surface area contributed by atoms with E-state index in [4.69, 9.17) is 11.6 Å². The van der Waals surface area contributed by atoms with Gasteiger partial charge in [0.15, 0.2) is 0 Å². The number of benzene rings is 2. The number of nitrogens with zero attached hydrogens (tertiary/aromatic N) is 3. The number of imide groups is 1.